The molecule has 0 radical (unpaired) electrons. The molecule has 1 amide bonds. The number of ether oxygens (including phenoxy) is 3. The fourth-order valence-corrected chi connectivity index (χ4v) is 2.52. The van der Waals surface area contributed by atoms with Crippen LogP contribution < -0.4 is 14.8 Å². The van der Waals surface area contributed by atoms with Gasteiger partial charge in [0.2, 0.25) is 0 Å². The number of carbonyl (C=O) groups excluding carboxylic acids is 2. The van der Waals surface area contributed by atoms with Gasteiger partial charge in [-0.3, -0.25) is 4.79 Å². The van der Waals surface area contributed by atoms with E-state index >= 15 is 0 Å². The van der Waals surface area contributed by atoms with Gasteiger partial charge >= 0.3 is 5.97 Å². The number of rotatable bonds is 7. The Morgan fingerprint density at radius 3 is 2.54 bits per heavy atom. The molecule has 0 saturated carbocycles. The molecule has 138 valence electrons. The number of esters is 1. The quantitative estimate of drug-likeness (QED) is 0.748. The number of hydrogen-bond acceptors (Lipinski definition) is 5. The molecule has 1 unspecified atom stereocenters. The van der Waals surface area contributed by atoms with E-state index in [2.05, 4.69) is 10.1 Å². The summed E-state index contributed by atoms with van der Waals surface area (Å²) in [6, 6.07) is 11.6. The molecule has 0 aliphatic rings. The number of halogens is 1. The average Bonchev–Trinajstić information content (AvgIpc) is 2.65. The molecular formula is C19H20ClNO5. The number of amides is 1. The topological polar surface area (TPSA) is 73.9 Å². The Morgan fingerprint density at radius 1 is 1.12 bits per heavy atom. The van der Waals surface area contributed by atoms with Gasteiger partial charge in [0.25, 0.3) is 5.91 Å². The number of hydrogen-bond donors (Lipinski definition) is 1. The van der Waals surface area contributed by atoms with Crippen molar-refractivity contribution in [1.82, 2.24) is 5.32 Å². The van der Waals surface area contributed by atoms with Crippen LogP contribution in [0.4, 0.5) is 0 Å². The molecule has 1 N–H and O–H groups in total. The zero-order valence-corrected chi connectivity index (χ0v) is 15.5. The van der Waals surface area contributed by atoms with Gasteiger partial charge in [-0.05, 0) is 42.8 Å². The van der Waals surface area contributed by atoms with Crippen LogP contribution in [0.2, 0.25) is 5.02 Å². The van der Waals surface area contributed by atoms with E-state index in [0.717, 1.165) is 5.56 Å². The minimum atomic E-state index is -0.483. The fourth-order valence-electron chi connectivity index (χ4n) is 2.32. The monoisotopic (exact) mass is 377 g/mol. The summed E-state index contributed by atoms with van der Waals surface area (Å²) in [5.74, 6) is -0.0891. The van der Waals surface area contributed by atoms with E-state index in [4.69, 9.17) is 21.1 Å². The lowest BCUT2D eigenvalue weighted by atomic mass is 10.1. The largest absolute Gasteiger partial charge is 0.493 e. The molecule has 7 heteroatoms. The van der Waals surface area contributed by atoms with Crippen molar-refractivity contribution in [3.63, 3.8) is 0 Å². The number of methoxy groups -OCH3 is 2. The molecule has 0 bridgehead atoms. The SMILES string of the molecule is COC(=O)c1ccc(OCC(=O)NC(C)c2cccc(Cl)c2)c(OC)c1. The summed E-state index contributed by atoms with van der Waals surface area (Å²) in [5, 5.41) is 3.44. The van der Waals surface area contributed by atoms with Crippen molar-refractivity contribution in [2.24, 2.45) is 0 Å². The lowest BCUT2D eigenvalue weighted by Gasteiger charge is -2.16. The zero-order valence-electron chi connectivity index (χ0n) is 14.7. The van der Waals surface area contributed by atoms with Crippen LogP contribution in [-0.4, -0.2) is 32.7 Å². The lowest BCUT2D eigenvalue weighted by molar-refractivity contribution is -0.123. The van der Waals surface area contributed by atoms with Crippen LogP contribution in [0, 0.1) is 0 Å². The van der Waals surface area contributed by atoms with Crippen LogP contribution in [0.15, 0.2) is 42.5 Å². The minimum Gasteiger partial charge on any atom is -0.493 e. The van der Waals surface area contributed by atoms with Crippen LogP contribution in [0.3, 0.4) is 0 Å². The summed E-state index contributed by atoms with van der Waals surface area (Å²) < 4.78 is 15.4. The molecule has 2 aromatic rings. The first-order valence-corrected chi connectivity index (χ1v) is 8.26. The van der Waals surface area contributed by atoms with Gasteiger partial charge in [0.15, 0.2) is 18.1 Å². The maximum absolute atomic E-state index is 12.1. The van der Waals surface area contributed by atoms with Gasteiger partial charge in [0.1, 0.15) is 0 Å². The van der Waals surface area contributed by atoms with Crippen LogP contribution in [0.1, 0.15) is 28.9 Å². The molecule has 0 fully saturated rings. The number of benzene rings is 2. The number of carbonyl (C=O) groups is 2. The van der Waals surface area contributed by atoms with Gasteiger partial charge in [0.05, 0.1) is 25.8 Å². The summed E-state index contributed by atoms with van der Waals surface area (Å²) >= 11 is 5.96. The Bertz CT molecular complexity index is 793. The molecule has 0 saturated heterocycles. The maximum atomic E-state index is 12.1. The molecule has 6 nitrogen and oxygen atoms in total. The number of nitrogens with one attached hydrogen (secondary N) is 1. The van der Waals surface area contributed by atoms with Crippen molar-refractivity contribution in [2.45, 2.75) is 13.0 Å². The Labute approximate surface area is 157 Å². The van der Waals surface area contributed by atoms with Crippen molar-refractivity contribution in [2.75, 3.05) is 20.8 Å². The molecule has 0 aromatic heterocycles. The molecule has 2 rings (SSSR count). The van der Waals surface area contributed by atoms with Gasteiger partial charge in [0, 0.05) is 5.02 Å². The highest BCUT2D eigenvalue weighted by atomic mass is 35.5. The van der Waals surface area contributed by atoms with E-state index < -0.39 is 5.97 Å². The predicted octanol–water partition coefficient (Wildman–Crippen LogP) is 3.39. The third-order valence-corrected chi connectivity index (χ3v) is 3.90. The molecular weight excluding hydrogens is 358 g/mol. The van der Waals surface area contributed by atoms with Gasteiger partial charge in [-0.2, -0.15) is 0 Å². The molecule has 1 atom stereocenters. The van der Waals surface area contributed by atoms with Crippen molar-refractivity contribution >= 4 is 23.5 Å². The predicted molar refractivity (Wildman–Crippen MR) is 97.8 cm³/mol. The molecule has 0 heterocycles. The molecule has 0 spiro atoms. The summed E-state index contributed by atoms with van der Waals surface area (Å²) in [7, 11) is 2.75. The van der Waals surface area contributed by atoms with Crippen LogP contribution in [0.25, 0.3) is 0 Å². The van der Waals surface area contributed by atoms with Crippen molar-refractivity contribution in [3.8, 4) is 11.5 Å². The highest BCUT2D eigenvalue weighted by Crippen LogP contribution is 2.28. The van der Waals surface area contributed by atoms with E-state index in [-0.39, 0.29) is 18.6 Å². The minimum absolute atomic E-state index is 0.196. The Morgan fingerprint density at radius 2 is 1.88 bits per heavy atom. The maximum Gasteiger partial charge on any atom is 0.337 e. The fraction of sp³-hybridized carbons (Fsp3) is 0.263. The van der Waals surface area contributed by atoms with Crippen LogP contribution in [0.5, 0.6) is 11.5 Å². The Hall–Kier alpha value is -2.73. The normalized spacial score (nSPS) is 11.4. The first kappa shape index (κ1) is 19.6. The van der Waals surface area contributed by atoms with Gasteiger partial charge in [-0.1, -0.05) is 23.7 Å². The van der Waals surface area contributed by atoms with Crippen molar-refractivity contribution < 1.29 is 23.8 Å². The van der Waals surface area contributed by atoms with E-state index in [0.29, 0.717) is 22.1 Å². The van der Waals surface area contributed by atoms with Gasteiger partial charge in [-0.25, -0.2) is 4.79 Å². The van der Waals surface area contributed by atoms with E-state index in [1.807, 2.05) is 19.1 Å². The second-order valence-electron chi connectivity index (χ2n) is 5.49. The van der Waals surface area contributed by atoms with Crippen molar-refractivity contribution in [1.29, 1.82) is 0 Å². The average molecular weight is 378 g/mol. The third-order valence-electron chi connectivity index (χ3n) is 3.67. The second-order valence-corrected chi connectivity index (χ2v) is 5.93. The molecule has 0 aliphatic heterocycles. The first-order valence-electron chi connectivity index (χ1n) is 7.88. The van der Waals surface area contributed by atoms with E-state index in [9.17, 15) is 9.59 Å². The third kappa shape index (κ3) is 5.13. The highest BCUT2D eigenvalue weighted by Gasteiger charge is 2.14. The molecule has 26 heavy (non-hydrogen) atoms. The molecule has 2 aromatic carbocycles. The zero-order chi connectivity index (χ0) is 19.1. The summed E-state index contributed by atoms with van der Waals surface area (Å²) in [6.07, 6.45) is 0. The Balaban J connectivity index is 1.97. The first-order chi connectivity index (χ1) is 12.4. The summed E-state index contributed by atoms with van der Waals surface area (Å²) in [4.78, 5) is 23.7. The standard InChI is InChI=1S/C19H20ClNO5/c1-12(13-5-4-6-15(20)9-13)21-18(22)11-26-16-8-7-14(19(23)25-3)10-17(16)24-2/h4-10,12H,11H2,1-3H3,(H,21,22). The van der Waals surface area contributed by atoms with Gasteiger partial charge in [-0.15, -0.1) is 0 Å². The van der Waals surface area contributed by atoms with E-state index in [1.54, 1.807) is 18.2 Å². The van der Waals surface area contributed by atoms with E-state index in [1.165, 1.54) is 26.4 Å². The summed E-state index contributed by atoms with van der Waals surface area (Å²) in [6.45, 7) is 1.66. The summed E-state index contributed by atoms with van der Waals surface area (Å²) in [5.41, 5.74) is 1.22. The molecule has 0 aliphatic carbocycles. The van der Waals surface area contributed by atoms with Crippen molar-refractivity contribution in [3.05, 3.63) is 58.6 Å². The van der Waals surface area contributed by atoms with Crippen LogP contribution in [-0.2, 0) is 9.53 Å². The lowest BCUT2D eigenvalue weighted by Crippen LogP contribution is -2.31. The smallest absolute Gasteiger partial charge is 0.337 e. The second kappa shape index (κ2) is 9.10. The highest BCUT2D eigenvalue weighted by molar-refractivity contribution is 6.30. The van der Waals surface area contributed by atoms with Crippen LogP contribution >= 0.6 is 11.6 Å². The Kier molecular flexibility index (Phi) is 6.86. The van der Waals surface area contributed by atoms with Gasteiger partial charge < -0.3 is 19.5 Å².